The number of hydrogen-bond donors (Lipinski definition) is 0. The maximum atomic E-state index is 6.73. The number of nitrogens with zero attached hydrogens (tertiary/aromatic N) is 1. The lowest BCUT2D eigenvalue weighted by molar-refractivity contribution is 0.671. The van der Waals surface area contributed by atoms with E-state index in [2.05, 4.69) is 175 Å². The van der Waals surface area contributed by atoms with Gasteiger partial charge in [-0.05, 0) is 58.7 Å². The van der Waals surface area contributed by atoms with Gasteiger partial charge in [0.2, 0.25) is 0 Å². The van der Waals surface area contributed by atoms with Gasteiger partial charge in [-0.15, -0.1) is 0 Å². The number of para-hydroxylation sites is 3. The molecule has 208 valence electrons. The molecule has 0 spiro atoms. The quantitative estimate of drug-likeness (QED) is 0.200. The minimum Gasteiger partial charge on any atom is -0.455 e. The zero-order chi connectivity index (χ0) is 29.3. The number of hydrogen-bond acceptors (Lipinski definition) is 2. The molecule has 0 unspecified atom stereocenters. The van der Waals surface area contributed by atoms with Crippen LogP contribution in [-0.4, -0.2) is 0 Å². The molecule has 0 radical (unpaired) electrons. The van der Waals surface area contributed by atoms with Crippen LogP contribution in [0.5, 0.6) is 0 Å². The summed E-state index contributed by atoms with van der Waals surface area (Å²) in [5, 5.41) is 2.25. The molecule has 1 heterocycles. The first-order chi connectivity index (χ1) is 21.8. The average molecular weight is 564 g/mol. The van der Waals surface area contributed by atoms with Gasteiger partial charge in [0.25, 0.3) is 0 Å². The lowest BCUT2D eigenvalue weighted by Gasteiger charge is -2.26. The lowest BCUT2D eigenvalue weighted by Crippen LogP contribution is -2.09. The van der Waals surface area contributed by atoms with Crippen LogP contribution in [0.3, 0.4) is 0 Å². The van der Waals surface area contributed by atoms with E-state index in [1.807, 2.05) is 6.07 Å². The Hall–Kier alpha value is -5.86. The summed E-state index contributed by atoms with van der Waals surface area (Å²) < 4.78 is 6.73. The third kappa shape index (κ3) is 4.63. The zero-order valence-electron chi connectivity index (χ0n) is 24.1. The van der Waals surface area contributed by atoms with Gasteiger partial charge >= 0.3 is 0 Å². The minimum atomic E-state index is 0.904. The molecule has 2 heteroatoms. The van der Waals surface area contributed by atoms with Crippen molar-refractivity contribution in [2.45, 2.75) is 0 Å². The van der Waals surface area contributed by atoms with Crippen molar-refractivity contribution in [1.82, 2.24) is 0 Å². The fourth-order valence-electron chi connectivity index (χ4n) is 6.16. The summed E-state index contributed by atoms with van der Waals surface area (Å²) in [5.41, 5.74) is 12.0. The van der Waals surface area contributed by atoms with E-state index in [1.165, 1.54) is 11.1 Å². The van der Waals surface area contributed by atoms with Crippen molar-refractivity contribution in [1.29, 1.82) is 0 Å². The summed E-state index contributed by atoms with van der Waals surface area (Å²) in [4.78, 5) is 2.31. The van der Waals surface area contributed by atoms with Crippen LogP contribution >= 0.6 is 0 Å². The number of benzene rings is 7. The first-order valence-electron chi connectivity index (χ1n) is 14.9. The second-order valence-corrected chi connectivity index (χ2v) is 11.0. The Kier molecular flexibility index (Phi) is 6.51. The van der Waals surface area contributed by atoms with Crippen molar-refractivity contribution >= 4 is 39.0 Å². The monoisotopic (exact) mass is 563 g/mol. The Morgan fingerprint density at radius 3 is 1.41 bits per heavy atom. The minimum absolute atomic E-state index is 0.904. The topological polar surface area (TPSA) is 16.4 Å². The molecule has 0 N–H and O–H groups in total. The first-order valence-corrected chi connectivity index (χ1v) is 14.9. The number of furan rings is 1. The molecule has 0 bridgehead atoms. The highest BCUT2D eigenvalue weighted by molar-refractivity contribution is 6.13. The van der Waals surface area contributed by atoms with Gasteiger partial charge in [0.05, 0.1) is 0 Å². The van der Waals surface area contributed by atoms with E-state index in [-0.39, 0.29) is 0 Å². The van der Waals surface area contributed by atoms with Gasteiger partial charge < -0.3 is 9.32 Å². The fraction of sp³-hybridized carbons (Fsp3) is 0. The molecule has 8 aromatic rings. The van der Waals surface area contributed by atoms with Gasteiger partial charge in [-0.2, -0.15) is 0 Å². The molecule has 7 aromatic carbocycles. The smallest absolute Gasteiger partial charge is 0.143 e. The van der Waals surface area contributed by atoms with E-state index in [0.29, 0.717) is 0 Å². The molecule has 8 rings (SSSR count). The molecular weight excluding hydrogens is 534 g/mol. The SMILES string of the molecule is c1ccc(-c2ccc(N(c3ccccc3)c3cccc(-c4cccc5c4oc4c(-c6ccccc6)cccc45)c3)cc2)cc1. The van der Waals surface area contributed by atoms with Gasteiger partial charge in [0.15, 0.2) is 0 Å². The molecule has 44 heavy (non-hydrogen) atoms. The largest absolute Gasteiger partial charge is 0.455 e. The van der Waals surface area contributed by atoms with Crippen molar-refractivity contribution in [3.8, 4) is 33.4 Å². The Morgan fingerprint density at radius 2 is 0.773 bits per heavy atom. The summed E-state index contributed by atoms with van der Waals surface area (Å²) in [6.45, 7) is 0. The third-order valence-corrected chi connectivity index (χ3v) is 8.27. The van der Waals surface area contributed by atoms with Crippen molar-refractivity contribution in [2.75, 3.05) is 4.90 Å². The van der Waals surface area contributed by atoms with Crippen LogP contribution < -0.4 is 4.90 Å². The lowest BCUT2D eigenvalue weighted by atomic mass is 9.99. The number of anilines is 3. The normalized spacial score (nSPS) is 11.2. The molecular formula is C42H29NO. The molecule has 0 atom stereocenters. The second-order valence-electron chi connectivity index (χ2n) is 11.0. The van der Waals surface area contributed by atoms with E-state index in [1.54, 1.807) is 0 Å². The summed E-state index contributed by atoms with van der Waals surface area (Å²) >= 11 is 0. The summed E-state index contributed by atoms with van der Waals surface area (Å²) in [6, 6.07) is 61.9. The van der Waals surface area contributed by atoms with Crippen molar-refractivity contribution in [3.63, 3.8) is 0 Å². The number of fused-ring (bicyclic) bond motifs is 3. The van der Waals surface area contributed by atoms with Gasteiger partial charge in [-0.25, -0.2) is 0 Å². The average Bonchev–Trinajstić information content (AvgIpc) is 3.49. The van der Waals surface area contributed by atoms with E-state index < -0.39 is 0 Å². The Balaban J connectivity index is 1.25. The third-order valence-electron chi connectivity index (χ3n) is 8.27. The molecule has 0 fully saturated rings. The molecule has 0 aliphatic carbocycles. The predicted octanol–water partition coefficient (Wildman–Crippen LogP) is 12.1. The van der Waals surface area contributed by atoms with Gasteiger partial charge in [0, 0.05) is 39.0 Å². The predicted molar refractivity (Wildman–Crippen MR) is 185 cm³/mol. The van der Waals surface area contributed by atoms with E-state index >= 15 is 0 Å². The highest BCUT2D eigenvalue weighted by atomic mass is 16.3. The summed E-state index contributed by atoms with van der Waals surface area (Å²) in [5.74, 6) is 0. The fourth-order valence-corrected chi connectivity index (χ4v) is 6.16. The molecule has 0 amide bonds. The van der Waals surface area contributed by atoms with Crippen LogP contribution in [0.4, 0.5) is 17.1 Å². The number of rotatable bonds is 6. The van der Waals surface area contributed by atoms with Crippen LogP contribution in [0.25, 0.3) is 55.3 Å². The van der Waals surface area contributed by atoms with E-state index in [0.717, 1.165) is 61.3 Å². The van der Waals surface area contributed by atoms with E-state index in [4.69, 9.17) is 4.42 Å². The van der Waals surface area contributed by atoms with Gasteiger partial charge in [-0.3, -0.25) is 0 Å². The standard InChI is InChI=1S/C42H29NO/c1-4-13-30(14-5-1)31-25-27-35(28-26-31)43(34-18-8-3-9-19-34)36-20-10-17-33(29-36)38-22-12-24-40-39-23-11-21-37(41(39)44-42(38)40)32-15-6-2-7-16-32/h1-29H. The van der Waals surface area contributed by atoms with Crippen LogP contribution in [0, 0.1) is 0 Å². The van der Waals surface area contributed by atoms with Crippen LogP contribution in [-0.2, 0) is 0 Å². The van der Waals surface area contributed by atoms with Crippen molar-refractivity contribution in [2.24, 2.45) is 0 Å². The maximum absolute atomic E-state index is 6.73. The van der Waals surface area contributed by atoms with Crippen LogP contribution in [0.2, 0.25) is 0 Å². The van der Waals surface area contributed by atoms with E-state index in [9.17, 15) is 0 Å². The highest BCUT2D eigenvalue weighted by Gasteiger charge is 2.17. The molecule has 2 nitrogen and oxygen atoms in total. The van der Waals surface area contributed by atoms with Crippen LogP contribution in [0.15, 0.2) is 180 Å². The van der Waals surface area contributed by atoms with Crippen molar-refractivity contribution < 1.29 is 4.42 Å². The van der Waals surface area contributed by atoms with Gasteiger partial charge in [-0.1, -0.05) is 140 Å². The molecule has 0 aliphatic rings. The molecule has 0 saturated carbocycles. The highest BCUT2D eigenvalue weighted by Crippen LogP contribution is 2.42. The Bertz CT molecular complexity index is 2200. The first kappa shape index (κ1) is 25.8. The maximum Gasteiger partial charge on any atom is 0.143 e. The Labute approximate surface area is 257 Å². The molecule has 1 aromatic heterocycles. The van der Waals surface area contributed by atoms with Crippen LogP contribution in [0.1, 0.15) is 0 Å². The molecule has 0 saturated heterocycles. The zero-order valence-corrected chi connectivity index (χ0v) is 24.1. The molecule has 0 aliphatic heterocycles. The van der Waals surface area contributed by atoms with Crippen molar-refractivity contribution in [3.05, 3.63) is 176 Å². The Morgan fingerprint density at radius 1 is 0.318 bits per heavy atom. The van der Waals surface area contributed by atoms with Gasteiger partial charge in [0.1, 0.15) is 11.2 Å². The summed E-state index contributed by atoms with van der Waals surface area (Å²) in [6.07, 6.45) is 0. The second kappa shape index (κ2) is 11.1. The summed E-state index contributed by atoms with van der Waals surface area (Å²) in [7, 11) is 0.